The normalized spacial score (nSPS) is 12.0. The number of esters is 2. The van der Waals surface area contributed by atoms with Gasteiger partial charge in [-0.25, -0.2) is 0 Å². The predicted octanol–water partition coefficient (Wildman–Crippen LogP) is 1.07. The Morgan fingerprint density at radius 1 is 1.11 bits per heavy atom. The maximum atomic E-state index is 11.4. The summed E-state index contributed by atoms with van der Waals surface area (Å²) < 4.78 is 9.04. The SMILES string of the molecule is COC(=O)C(CC(O)c1ccccc1)C(=O)OC. The second-order valence-electron chi connectivity index (χ2n) is 3.76. The summed E-state index contributed by atoms with van der Waals surface area (Å²) in [6.07, 6.45) is -0.988. The van der Waals surface area contributed by atoms with Gasteiger partial charge in [0.2, 0.25) is 0 Å². The van der Waals surface area contributed by atoms with Crippen LogP contribution in [0.15, 0.2) is 30.3 Å². The summed E-state index contributed by atoms with van der Waals surface area (Å²) in [6.45, 7) is 0. The fraction of sp³-hybridized carbons (Fsp3) is 0.385. The second-order valence-corrected chi connectivity index (χ2v) is 3.76. The van der Waals surface area contributed by atoms with Crippen molar-refractivity contribution in [2.75, 3.05) is 14.2 Å². The lowest BCUT2D eigenvalue weighted by Gasteiger charge is -2.16. The molecule has 1 aromatic rings. The zero-order chi connectivity index (χ0) is 13.5. The van der Waals surface area contributed by atoms with Crippen LogP contribution in [-0.4, -0.2) is 31.3 Å². The second kappa shape index (κ2) is 6.76. The summed E-state index contributed by atoms with van der Waals surface area (Å²) in [7, 11) is 2.38. The number of rotatable bonds is 5. The molecule has 0 spiro atoms. The van der Waals surface area contributed by atoms with Crippen molar-refractivity contribution in [3.8, 4) is 0 Å². The number of aliphatic hydroxyl groups is 1. The highest BCUT2D eigenvalue weighted by molar-refractivity contribution is 5.94. The van der Waals surface area contributed by atoms with Gasteiger partial charge in [-0.3, -0.25) is 9.59 Å². The molecular weight excluding hydrogens is 236 g/mol. The summed E-state index contributed by atoms with van der Waals surface area (Å²) in [5.41, 5.74) is 0.635. The van der Waals surface area contributed by atoms with Crippen molar-refractivity contribution in [1.82, 2.24) is 0 Å². The van der Waals surface area contributed by atoms with E-state index in [1.54, 1.807) is 24.3 Å². The number of carbonyl (C=O) groups is 2. The quantitative estimate of drug-likeness (QED) is 0.627. The van der Waals surface area contributed by atoms with Gasteiger partial charge in [-0.05, 0) is 5.56 Å². The lowest BCUT2D eigenvalue weighted by Crippen LogP contribution is -2.28. The van der Waals surface area contributed by atoms with E-state index in [0.29, 0.717) is 5.56 Å². The first-order valence-corrected chi connectivity index (χ1v) is 5.48. The van der Waals surface area contributed by atoms with Crippen molar-refractivity contribution in [2.24, 2.45) is 5.92 Å². The smallest absolute Gasteiger partial charge is 0.320 e. The van der Waals surface area contributed by atoms with E-state index in [0.717, 1.165) is 0 Å². The molecule has 0 aliphatic heterocycles. The van der Waals surface area contributed by atoms with Crippen molar-refractivity contribution in [3.63, 3.8) is 0 Å². The standard InChI is InChI=1S/C13H16O5/c1-17-12(15)10(13(16)18-2)8-11(14)9-6-4-3-5-7-9/h3-7,10-11,14H,8H2,1-2H3. The van der Waals surface area contributed by atoms with E-state index >= 15 is 0 Å². The number of ether oxygens (including phenoxy) is 2. The average Bonchev–Trinajstić information content (AvgIpc) is 2.43. The highest BCUT2D eigenvalue weighted by Gasteiger charge is 2.31. The summed E-state index contributed by atoms with van der Waals surface area (Å²) >= 11 is 0. The van der Waals surface area contributed by atoms with Gasteiger partial charge in [0, 0.05) is 6.42 Å². The lowest BCUT2D eigenvalue weighted by molar-refractivity contribution is -0.160. The van der Waals surface area contributed by atoms with Gasteiger partial charge in [-0.1, -0.05) is 30.3 Å². The Balaban J connectivity index is 2.78. The van der Waals surface area contributed by atoms with Crippen LogP contribution in [0, 0.1) is 5.92 Å². The molecule has 5 nitrogen and oxygen atoms in total. The molecule has 98 valence electrons. The van der Waals surface area contributed by atoms with Crippen molar-refractivity contribution in [2.45, 2.75) is 12.5 Å². The molecule has 18 heavy (non-hydrogen) atoms. The Bertz CT molecular complexity index is 385. The predicted molar refractivity (Wildman–Crippen MR) is 63.5 cm³/mol. The number of aliphatic hydroxyl groups excluding tert-OH is 1. The zero-order valence-electron chi connectivity index (χ0n) is 10.3. The van der Waals surface area contributed by atoms with Gasteiger partial charge in [0.05, 0.1) is 20.3 Å². The summed E-state index contributed by atoms with van der Waals surface area (Å²) in [5, 5.41) is 9.96. The maximum Gasteiger partial charge on any atom is 0.320 e. The fourth-order valence-electron chi connectivity index (χ4n) is 1.61. The summed E-state index contributed by atoms with van der Waals surface area (Å²) in [4.78, 5) is 22.9. The fourth-order valence-corrected chi connectivity index (χ4v) is 1.61. The average molecular weight is 252 g/mol. The number of methoxy groups -OCH3 is 2. The minimum atomic E-state index is -1.12. The molecule has 0 aliphatic rings. The topological polar surface area (TPSA) is 72.8 Å². The Labute approximate surface area is 105 Å². The van der Waals surface area contributed by atoms with Crippen LogP contribution in [0.1, 0.15) is 18.1 Å². The summed E-state index contributed by atoms with van der Waals surface area (Å²) in [5.74, 6) is -2.54. The molecule has 5 heteroatoms. The molecule has 0 saturated heterocycles. The third kappa shape index (κ3) is 3.56. The Morgan fingerprint density at radius 3 is 2.06 bits per heavy atom. The molecule has 0 amide bonds. The number of hydrogen-bond donors (Lipinski definition) is 1. The van der Waals surface area contributed by atoms with E-state index in [-0.39, 0.29) is 6.42 Å². The molecule has 0 radical (unpaired) electrons. The van der Waals surface area contributed by atoms with E-state index in [4.69, 9.17) is 0 Å². The van der Waals surface area contributed by atoms with Gasteiger partial charge in [-0.15, -0.1) is 0 Å². The van der Waals surface area contributed by atoms with Crippen molar-refractivity contribution < 1.29 is 24.2 Å². The molecule has 0 heterocycles. The van der Waals surface area contributed by atoms with E-state index in [2.05, 4.69) is 9.47 Å². The van der Waals surface area contributed by atoms with Crippen LogP contribution in [0.4, 0.5) is 0 Å². The van der Waals surface area contributed by atoms with Crippen LogP contribution in [0.3, 0.4) is 0 Å². The van der Waals surface area contributed by atoms with Crippen LogP contribution >= 0.6 is 0 Å². The van der Waals surface area contributed by atoms with Gasteiger partial charge in [0.1, 0.15) is 0 Å². The molecule has 1 unspecified atom stereocenters. The number of hydrogen-bond acceptors (Lipinski definition) is 5. The van der Waals surface area contributed by atoms with Crippen molar-refractivity contribution in [3.05, 3.63) is 35.9 Å². The molecule has 0 bridgehead atoms. The van der Waals surface area contributed by atoms with E-state index in [1.807, 2.05) is 6.07 Å². The Hall–Kier alpha value is -1.88. The van der Waals surface area contributed by atoms with Gasteiger partial charge in [0.25, 0.3) is 0 Å². The first-order chi connectivity index (χ1) is 8.60. The Morgan fingerprint density at radius 2 is 1.61 bits per heavy atom. The first-order valence-electron chi connectivity index (χ1n) is 5.48. The van der Waals surface area contributed by atoms with Crippen molar-refractivity contribution >= 4 is 11.9 Å². The number of carbonyl (C=O) groups excluding carboxylic acids is 2. The van der Waals surface area contributed by atoms with Crippen LogP contribution in [0.25, 0.3) is 0 Å². The minimum absolute atomic E-state index is 0.0661. The van der Waals surface area contributed by atoms with E-state index in [9.17, 15) is 14.7 Å². The molecule has 1 N–H and O–H groups in total. The van der Waals surface area contributed by atoms with Crippen LogP contribution in [-0.2, 0) is 19.1 Å². The van der Waals surface area contributed by atoms with Gasteiger partial charge in [-0.2, -0.15) is 0 Å². The first kappa shape index (κ1) is 14.2. The highest BCUT2D eigenvalue weighted by Crippen LogP contribution is 2.22. The van der Waals surface area contributed by atoms with E-state index in [1.165, 1.54) is 14.2 Å². The molecule has 1 atom stereocenters. The zero-order valence-corrected chi connectivity index (χ0v) is 10.3. The molecule has 0 aromatic heterocycles. The third-order valence-electron chi connectivity index (χ3n) is 2.61. The Kier molecular flexibility index (Phi) is 5.32. The van der Waals surface area contributed by atoms with Gasteiger partial charge in [0.15, 0.2) is 5.92 Å². The van der Waals surface area contributed by atoms with Crippen LogP contribution in [0.2, 0.25) is 0 Å². The summed E-state index contributed by atoms with van der Waals surface area (Å²) in [6, 6.07) is 8.79. The molecular formula is C13H16O5. The molecule has 0 aliphatic carbocycles. The highest BCUT2D eigenvalue weighted by atomic mass is 16.5. The molecule has 1 rings (SSSR count). The lowest BCUT2D eigenvalue weighted by atomic mass is 9.97. The minimum Gasteiger partial charge on any atom is -0.468 e. The monoisotopic (exact) mass is 252 g/mol. The molecule has 1 aromatic carbocycles. The maximum absolute atomic E-state index is 11.4. The molecule has 0 fully saturated rings. The van der Waals surface area contributed by atoms with E-state index < -0.39 is 24.0 Å². The van der Waals surface area contributed by atoms with Gasteiger partial charge < -0.3 is 14.6 Å². The van der Waals surface area contributed by atoms with Gasteiger partial charge >= 0.3 is 11.9 Å². The van der Waals surface area contributed by atoms with Crippen LogP contribution in [0.5, 0.6) is 0 Å². The third-order valence-corrected chi connectivity index (χ3v) is 2.61. The largest absolute Gasteiger partial charge is 0.468 e. The number of benzene rings is 1. The van der Waals surface area contributed by atoms with Crippen molar-refractivity contribution in [1.29, 1.82) is 0 Å². The molecule has 0 saturated carbocycles. The van der Waals surface area contributed by atoms with Crippen LogP contribution < -0.4 is 0 Å².